The Morgan fingerprint density at radius 2 is 1.96 bits per heavy atom. The highest BCUT2D eigenvalue weighted by Crippen LogP contribution is 2.60. The van der Waals surface area contributed by atoms with Gasteiger partial charge in [0, 0.05) is 30.9 Å². The minimum Gasteiger partial charge on any atom is -0.446 e. The Labute approximate surface area is 165 Å². The summed E-state index contributed by atoms with van der Waals surface area (Å²) in [5.74, 6) is 1.29. The fourth-order valence-electron chi connectivity index (χ4n) is 6.55. The third kappa shape index (κ3) is 2.88. The summed E-state index contributed by atoms with van der Waals surface area (Å²) in [7, 11) is 0. The minimum absolute atomic E-state index is 0.0481. The summed E-state index contributed by atoms with van der Waals surface area (Å²) in [5.41, 5.74) is 7.62. The first-order valence-electron chi connectivity index (χ1n) is 10.6. The fraction of sp³-hybridized carbons (Fsp3) is 0.682. The summed E-state index contributed by atoms with van der Waals surface area (Å²) in [6.45, 7) is 3.42. The molecule has 5 fully saturated rings. The number of rotatable bonds is 3. The first-order chi connectivity index (χ1) is 13.4. The first-order valence-corrected chi connectivity index (χ1v) is 10.6. The molecule has 4 aliphatic carbocycles. The van der Waals surface area contributed by atoms with E-state index >= 15 is 0 Å². The van der Waals surface area contributed by atoms with Crippen LogP contribution in [0.4, 0.5) is 4.79 Å². The molecule has 6 heteroatoms. The Bertz CT molecular complexity index is 777. The highest BCUT2D eigenvalue weighted by Gasteiger charge is 2.59. The Morgan fingerprint density at radius 3 is 2.61 bits per heavy atom. The number of likely N-dealkylation sites (tertiary alicyclic amines) is 1. The predicted molar refractivity (Wildman–Crippen MR) is 103 cm³/mol. The molecule has 150 valence electrons. The molecule has 2 heterocycles. The Morgan fingerprint density at radius 1 is 1.21 bits per heavy atom. The van der Waals surface area contributed by atoms with Crippen molar-refractivity contribution in [2.45, 2.75) is 57.5 Å². The second-order valence-corrected chi connectivity index (χ2v) is 9.65. The lowest BCUT2D eigenvalue weighted by Crippen LogP contribution is -2.59. The zero-order valence-corrected chi connectivity index (χ0v) is 16.5. The largest absolute Gasteiger partial charge is 0.446 e. The molecule has 1 aromatic heterocycles. The third-order valence-corrected chi connectivity index (χ3v) is 7.75. The molecule has 2 amide bonds. The monoisotopic (exact) mass is 383 g/mol. The van der Waals surface area contributed by atoms with Crippen LogP contribution in [-0.2, 0) is 9.53 Å². The van der Waals surface area contributed by atoms with Crippen LogP contribution in [0.1, 0.15) is 55.7 Å². The number of nitrogens with two attached hydrogens (primary N) is 1. The lowest BCUT2D eigenvalue weighted by molar-refractivity contribution is -0.161. The van der Waals surface area contributed by atoms with Crippen LogP contribution in [0.15, 0.2) is 18.3 Å². The lowest BCUT2D eigenvalue weighted by Gasteiger charge is -2.58. The van der Waals surface area contributed by atoms with E-state index < -0.39 is 0 Å². The molecule has 6 rings (SSSR count). The van der Waals surface area contributed by atoms with E-state index in [2.05, 4.69) is 17.1 Å². The molecule has 2 N–H and O–H groups in total. The topological polar surface area (TPSA) is 85.5 Å². The number of hydrogen-bond donors (Lipinski definition) is 1. The van der Waals surface area contributed by atoms with Crippen molar-refractivity contribution >= 4 is 12.0 Å². The number of amides is 2. The maximum Gasteiger partial charge on any atom is 0.410 e. The van der Waals surface area contributed by atoms with E-state index in [1.165, 1.54) is 0 Å². The summed E-state index contributed by atoms with van der Waals surface area (Å²) < 4.78 is 6.05. The van der Waals surface area contributed by atoms with Crippen LogP contribution < -0.4 is 5.73 Å². The molecule has 28 heavy (non-hydrogen) atoms. The molecule has 1 aliphatic heterocycles. The van der Waals surface area contributed by atoms with Crippen molar-refractivity contribution in [1.29, 1.82) is 0 Å². The van der Waals surface area contributed by atoms with Gasteiger partial charge in [-0.3, -0.25) is 9.78 Å². The Hall–Kier alpha value is -2.11. The van der Waals surface area contributed by atoms with Gasteiger partial charge in [0.1, 0.15) is 6.10 Å². The standard InChI is InChI=1S/C22H29N3O3/c1-13-2-3-18(24-11-13)15-4-5-25(12-15)21(27)28-19-16-6-14-7-17(19)10-22(8-14,9-16)20(23)26/h2-3,11,14-17,19H,4-10,12H2,1H3,(H2,23,26)/t14?,15?,16-,17?,19?,22?/m1/s1. The number of ether oxygens (including phenoxy) is 1. The summed E-state index contributed by atoms with van der Waals surface area (Å²) >= 11 is 0. The van der Waals surface area contributed by atoms with Gasteiger partial charge in [0.15, 0.2) is 0 Å². The van der Waals surface area contributed by atoms with Crippen molar-refractivity contribution in [3.8, 4) is 0 Å². The summed E-state index contributed by atoms with van der Waals surface area (Å²) in [4.78, 5) is 31.3. The average Bonchev–Trinajstić information content (AvgIpc) is 3.15. The van der Waals surface area contributed by atoms with Gasteiger partial charge in [-0.2, -0.15) is 0 Å². The maximum atomic E-state index is 12.9. The molecule has 6 nitrogen and oxygen atoms in total. The number of hydrogen-bond acceptors (Lipinski definition) is 4. The van der Waals surface area contributed by atoms with Gasteiger partial charge in [-0.05, 0) is 74.8 Å². The molecule has 5 aliphatic rings. The summed E-state index contributed by atoms with van der Waals surface area (Å²) in [5, 5.41) is 0. The van der Waals surface area contributed by atoms with Gasteiger partial charge in [0.25, 0.3) is 0 Å². The van der Waals surface area contributed by atoms with Crippen LogP contribution in [-0.4, -0.2) is 41.1 Å². The lowest BCUT2D eigenvalue weighted by atomic mass is 9.48. The summed E-state index contributed by atoms with van der Waals surface area (Å²) in [6, 6.07) is 4.14. The SMILES string of the molecule is Cc1ccc(C2CCN(C(=O)OC3C4CC5C[C@@H]3CC(C(N)=O)(C5)C4)C2)nc1. The highest BCUT2D eigenvalue weighted by atomic mass is 16.6. The normalized spacial score (nSPS) is 38.6. The van der Waals surface area contributed by atoms with Crippen LogP contribution in [0.25, 0.3) is 0 Å². The Kier molecular flexibility index (Phi) is 4.14. The van der Waals surface area contributed by atoms with Gasteiger partial charge in [0.05, 0.1) is 5.41 Å². The number of aromatic nitrogens is 1. The van der Waals surface area contributed by atoms with Gasteiger partial charge < -0.3 is 15.4 Å². The molecule has 0 spiro atoms. The number of primary amides is 1. The van der Waals surface area contributed by atoms with Crippen molar-refractivity contribution in [2.75, 3.05) is 13.1 Å². The van der Waals surface area contributed by atoms with E-state index in [1.54, 1.807) is 0 Å². The van der Waals surface area contributed by atoms with Crippen molar-refractivity contribution in [1.82, 2.24) is 9.88 Å². The molecular weight excluding hydrogens is 354 g/mol. The minimum atomic E-state index is -0.338. The molecule has 6 atom stereocenters. The van der Waals surface area contributed by atoms with Gasteiger partial charge in [0.2, 0.25) is 5.91 Å². The first kappa shape index (κ1) is 18.0. The van der Waals surface area contributed by atoms with Crippen LogP contribution in [0, 0.1) is 30.1 Å². The predicted octanol–water partition coefficient (Wildman–Crippen LogP) is 3.00. The summed E-state index contributed by atoms with van der Waals surface area (Å²) in [6.07, 6.45) is 7.24. The van der Waals surface area contributed by atoms with Crippen LogP contribution in [0.2, 0.25) is 0 Å². The van der Waals surface area contributed by atoms with Crippen molar-refractivity contribution < 1.29 is 14.3 Å². The molecule has 0 radical (unpaired) electrons. The van der Waals surface area contributed by atoms with Crippen molar-refractivity contribution in [3.05, 3.63) is 29.6 Å². The van der Waals surface area contributed by atoms with Gasteiger partial charge in [-0.15, -0.1) is 0 Å². The second kappa shape index (κ2) is 6.46. The molecule has 0 aromatic carbocycles. The molecular formula is C22H29N3O3. The molecule has 4 saturated carbocycles. The quantitative estimate of drug-likeness (QED) is 0.869. The third-order valence-electron chi connectivity index (χ3n) is 7.75. The van der Waals surface area contributed by atoms with Crippen molar-refractivity contribution in [2.24, 2.45) is 28.9 Å². The van der Waals surface area contributed by atoms with E-state index in [0.29, 0.717) is 24.3 Å². The smallest absolute Gasteiger partial charge is 0.410 e. The zero-order valence-electron chi connectivity index (χ0n) is 16.5. The number of nitrogens with zero attached hydrogens (tertiary/aromatic N) is 2. The zero-order chi connectivity index (χ0) is 19.5. The number of aryl methyl sites for hydroxylation is 1. The van der Waals surface area contributed by atoms with E-state index in [1.807, 2.05) is 18.0 Å². The van der Waals surface area contributed by atoms with E-state index in [0.717, 1.165) is 56.3 Å². The van der Waals surface area contributed by atoms with Crippen LogP contribution in [0.3, 0.4) is 0 Å². The average molecular weight is 383 g/mol. The second-order valence-electron chi connectivity index (χ2n) is 9.65. The number of carbonyl (C=O) groups excluding carboxylic acids is 2. The number of pyridine rings is 1. The van der Waals surface area contributed by atoms with Crippen molar-refractivity contribution in [3.63, 3.8) is 0 Å². The van der Waals surface area contributed by atoms with Crippen LogP contribution >= 0.6 is 0 Å². The number of carbonyl (C=O) groups is 2. The van der Waals surface area contributed by atoms with E-state index in [4.69, 9.17) is 10.5 Å². The molecule has 1 saturated heterocycles. The molecule has 5 unspecified atom stereocenters. The highest BCUT2D eigenvalue weighted by molar-refractivity contribution is 5.81. The molecule has 4 bridgehead atoms. The van der Waals surface area contributed by atoms with Gasteiger partial charge in [-0.25, -0.2) is 4.79 Å². The van der Waals surface area contributed by atoms with E-state index in [-0.39, 0.29) is 29.4 Å². The maximum absolute atomic E-state index is 12.9. The van der Waals surface area contributed by atoms with E-state index in [9.17, 15) is 9.59 Å². The van der Waals surface area contributed by atoms with Gasteiger partial charge in [-0.1, -0.05) is 6.07 Å². The van der Waals surface area contributed by atoms with Gasteiger partial charge >= 0.3 is 6.09 Å². The van der Waals surface area contributed by atoms with Crippen LogP contribution in [0.5, 0.6) is 0 Å². The molecule has 1 aromatic rings. The fourth-order valence-corrected chi connectivity index (χ4v) is 6.55. The Balaban J connectivity index is 1.23.